The van der Waals surface area contributed by atoms with Gasteiger partial charge in [-0.3, -0.25) is 0 Å². The number of rotatable bonds is 2. The van der Waals surface area contributed by atoms with Gasteiger partial charge in [0.15, 0.2) is 0 Å². The second-order valence-electron chi connectivity index (χ2n) is 3.90. The molecule has 15 heavy (non-hydrogen) atoms. The van der Waals surface area contributed by atoms with Crippen LogP contribution in [0.3, 0.4) is 0 Å². The molecule has 1 aliphatic heterocycles. The van der Waals surface area contributed by atoms with Crippen molar-refractivity contribution in [2.24, 2.45) is 0 Å². The van der Waals surface area contributed by atoms with Crippen molar-refractivity contribution in [3.63, 3.8) is 0 Å². The highest BCUT2D eigenvalue weighted by Crippen LogP contribution is 2.22. The lowest BCUT2D eigenvalue weighted by molar-refractivity contribution is 0.108. The molecular weight excluding hydrogens is 214 g/mol. The molecule has 0 aliphatic carbocycles. The van der Waals surface area contributed by atoms with Crippen LogP contribution in [0.5, 0.6) is 0 Å². The fourth-order valence-corrected chi connectivity index (χ4v) is 1.86. The van der Waals surface area contributed by atoms with Gasteiger partial charge in [-0.15, -0.1) is 0 Å². The fraction of sp³-hybridized carbons (Fsp3) is 0.600. The normalized spacial score (nSPS) is 15.5. The minimum absolute atomic E-state index is 0.538. The summed E-state index contributed by atoms with van der Waals surface area (Å²) in [4.78, 5) is 10.8. The van der Waals surface area contributed by atoms with E-state index in [9.17, 15) is 0 Å². The van der Waals surface area contributed by atoms with E-state index in [-0.39, 0.29) is 0 Å². The summed E-state index contributed by atoms with van der Waals surface area (Å²) in [6, 6.07) is 0. The maximum atomic E-state index is 6.08. The Labute approximate surface area is 94.2 Å². The molecule has 1 aromatic heterocycles. The molecule has 4 nitrogen and oxygen atoms in total. The van der Waals surface area contributed by atoms with Crippen LogP contribution < -0.4 is 0 Å². The second kappa shape index (κ2) is 4.43. The summed E-state index contributed by atoms with van der Waals surface area (Å²) in [7, 11) is 3.97. The lowest BCUT2D eigenvalue weighted by atomic mass is 10.1. The van der Waals surface area contributed by atoms with E-state index in [1.165, 1.54) is 0 Å². The monoisotopic (exact) mass is 227 g/mol. The largest absolute Gasteiger partial charge is 0.376 e. The maximum Gasteiger partial charge on any atom is 0.144 e. The van der Waals surface area contributed by atoms with Gasteiger partial charge in [0.25, 0.3) is 0 Å². The van der Waals surface area contributed by atoms with Crippen molar-refractivity contribution in [2.45, 2.75) is 19.6 Å². The zero-order valence-corrected chi connectivity index (χ0v) is 9.71. The molecule has 0 fully saturated rings. The van der Waals surface area contributed by atoms with Gasteiger partial charge in [-0.1, -0.05) is 11.6 Å². The third kappa shape index (κ3) is 2.45. The van der Waals surface area contributed by atoms with Crippen molar-refractivity contribution in [3.05, 3.63) is 22.2 Å². The third-order valence-electron chi connectivity index (χ3n) is 2.28. The van der Waals surface area contributed by atoms with Crippen LogP contribution in [-0.4, -0.2) is 35.6 Å². The van der Waals surface area contributed by atoms with Crippen LogP contribution in [0, 0.1) is 0 Å². The van der Waals surface area contributed by atoms with Crippen LogP contribution in [-0.2, 0) is 24.3 Å². The molecule has 2 rings (SSSR count). The van der Waals surface area contributed by atoms with Crippen molar-refractivity contribution in [2.75, 3.05) is 20.7 Å². The minimum atomic E-state index is 0.538. The molecule has 0 spiro atoms. The summed E-state index contributed by atoms with van der Waals surface area (Å²) in [6.45, 7) is 1.98. The Morgan fingerprint density at radius 2 is 2.20 bits per heavy atom. The van der Waals surface area contributed by atoms with Gasteiger partial charge in [0.1, 0.15) is 11.0 Å². The van der Waals surface area contributed by atoms with Crippen LogP contribution in [0.15, 0.2) is 0 Å². The molecule has 0 aromatic carbocycles. The summed E-state index contributed by atoms with van der Waals surface area (Å²) in [6.07, 6.45) is 0.831. The first-order valence-corrected chi connectivity index (χ1v) is 5.31. The molecule has 1 aliphatic rings. The number of nitrogens with zero attached hydrogens (tertiary/aromatic N) is 3. The molecule has 0 saturated heterocycles. The van der Waals surface area contributed by atoms with Crippen LogP contribution in [0.1, 0.15) is 17.1 Å². The summed E-state index contributed by atoms with van der Waals surface area (Å²) < 4.78 is 5.32. The van der Waals surface area contributed by atoms with E-state index in [2.05, 4.69) is 9.97 Å². The predicted molar refractivity (Wildman–Crippen MR) is 57.8 cm³/mol. The van der Waals surface area contributed by atoms with Crippen LogP contribution in [0.4, 0.5) is 0 Å². The van der Waals surface area contributed by atoms with Gasteiger partial charge in [-0.2, -0.15) is 0 Å². The molecule has 0 radical (unpaired) electrons. The Morgan fingerprint density at radius 1 is 1.40 bits per heavy atom. The Morgan fingerprint density at radius 3 is 2.93 bits per heavy atom. The number of halogens is 1. The van der Waals surface area contributed by atoms with Crippen LogP contribution in [0.2, 0.25) is 5.15 Å². The van der Waals surface area contributed by atoms with E-state index < -0.39 is 0 Å². The number of ether oxygens (including phenoxy) is 1. The summed E-state index contributed by atoms with van der Waals surface area (Å²) in [5.41, 5.74) is 1.99. The molecule has 5 heteroatoms. The van der Waals surface area contributed by atoms with E-state index in [1.54, 1.807) is 0 Å². The van der Waals surface area contributed by atoms with E-state index in [0.29, 0.717) is 18.3 Å². The molecule has 0 unspecified atom stereocenters. The van der Waals surface area contributed by atoms with E-state index in [4.69, 9.17) is 16.3 Å². The zero-order chi connectivity index (χ0) is 10.8. The average Bonchev–Trinajstić information content (AvgIpc) is 2.16. The molecular formula is C10H14ClN3O. The standard InChI is InChI=1S/C10H14ClN3O/c1-14(2)5-9-12-8-3-4-15-6-7(8)10(11)13-9/h3-6H2,1-2H3. The van der Waals surface area contributed by atoms with Gasteiger partial charge in [0.05, 0.1) is 25.5 Å². The number of hydrogen-bond donors (Lipinski definition) is 0. The molecule has 0 amide bonds. The number of aromatic nitrogens is 2. The van der Waals surface area contributed by atoms with Gasteiger partial charge in [-0.05, 0) is 14.1 Å². The van der Waals surface area contributed by atoms with Crippen molar-refractivity contribution < 1.29 is 4.74 Å². The smallest absolute Gasteiger partial charge is 0.144 e. The Balaban J connectivity index is 2.32. The van der Waals surface area contributed by atoms with E-state index in [1.807, 2.05) is 19.0 Å². The highest BCUT2D eigenvalue weighted by molar-refractivity contribution is 6.30. The van der Waals surface area contributed by atoms with Crippen LogP contribution >= 0.6 is 11.6 Å². The third-order valence-corrected chi connectivity index (χ3v) is 2.59. The molecule has 1 aromatic rings. The number of hydrogen-bond acceptors (Lipinski definition) is 4. The fourth-order valence-electron chi connectivity index (χ4n) is 1.59. The summed E-state index contributed by atoms with van der Waals surface area (Å²) in [5.74, 6) is 0.783. The van der Waals surface area contributed by atoms with Crippen molar-refractivity contribution in [3.8, 4) is 0 Å². The Hall–Kier alpha value is -0.710. The molecule has 2 heterocycles. The van der Waals surface area contributed by atoms with E-state index >= 15 is 0 Å². The van der Waals surface area contributed by atoms with Gasteiger partial charge in [-0.25, -0.2) is 9.97 Å². The predicted octanol–water partition coefficient (Wildman–Crippen LogP) is 1.26. The molecule has 0 atom stereocenters. The van der Waals surface area contributed by atoms with Crippen molar-refractivity contribution >= 4 is 11.6 Å². The molecule has 82 valence electrons. The maximum absolute atomic E-state index is 6.08. The lowest BCUT2D eigenvalue weighted by Crippen LogP contribution is -2.18. The van der Waals surface area contributed by atoms with E-state index in [0.717, 1.165) is 30.1 Å². The zero-order valence-electron chi connectivity index (χ0n) is 8.96. The summed E-state index contributed by atoms with van der Waals surface area (Å²) >= 11 is 6.08. The first-order chi connectivity index (χ1) is 7.16. The highest BCUT2D eigenvalue weighted by Gasteiger charge is 2.17. The quantitative estimate of drug-likeness (QED) is 0.714. The van der Waals surface area contributed by atoms with Gasteiger partial charge in [0, 0.05) is 12.0 Å². The van der Waals surface area contributed by atoms with Crippen molar-refractivity contribution in [1.29, 1.82) is 0 Å². The van der Waals surface area contributed by atoms with Gasteiger partial charge in [0.2, 0.25) is 0 Å². The summed E-state index contributed by atoms with van der Waals surface area (Å²) in [5, 5.41) is 0.538. The molecule has 0 saturated carbocycles. The Bertz CT molecular complexity index is 368. The Kier molecular flexibility index (Phi) is 3.19. The number of fused-ring (bicyclic) bond motifs is 1. The lowest BCUT2D eigenvalue weighted by Gasteiger charge is -2.18. The first kappa shape index (κ1) is 10.8. The van der Waals surface area contributed by atoms with Crippen molar-refractivity contribution in [1.82, 2.24) is 14.9 Å². The SMILES string of the molecule is CN(C)Cc1nc(Cl)c2c(n1)CCOC2. The average molecular weight is 228 g/mol. The van der Waals surface area contributed by atoms with Gasteiger partial charge >= 0.3 is 0 Å². The van der Waals surface area contributed by atoms with Crippen LogP contribution in [0.25, 0.3) is 0 Å². The second-order valence-corrected chi connectivity index (χ2v) is 4.25. The molecule has 0 bridgehead atoms. The molecule has 0 N–H and O–H groups in total. The topological polar surface area (TPSA) is 38.2 Å². The first-order valence-electron chi connectivity index (χ1n) is 4.93. The highest BCUT2D eigenvalue weighted by atomic mass is 35.5. The minimum Gasteiger partial charge on any atom is -0.376 e. The van der Waals surface area contributed by atoms with Gasteiger partial charge < -0.3 is 9.64 Å².